The highest BCUT2D eigenvalue weighted by molar-refractivity contribution is 5.72. The molecule has 1 atom stereocenters. The molecule has 0 heterocycles. The van der Waals surface area contributed by atoms with Crippen molar-refractivity contribution >= 4 is 5.97 Å². The zero-order valence-corrected chi connectivity index (χ0v) is 7.26. The van der Waals surface area contributed by atoms with Crippen molar-refractivity contribution < 1.29 is 9.90 Å². The molecule has 0 aliphatic heterocycles. The Morgan fingerprint density at radius 1 is 1.46 bits per heavy atom. The summed E-state index contributed by atoms with van der Waals surface area (Å²) in [5.74, 6) is -0.933. The van der Waals surface area contributed by atoms with E-state index in [1.807, 2.05) is 0 Å². The third-order valence-electron chi connectivity index (χ3n) is 1.29. The topological polar surface area (TPSA) is 148 Å². The van der Waals surface area contributed by atoms with Crippen LogP contribution in [0, 0.1) is 0 Å². The van der Waals surface area contributed by atoms with Crippen LogP contribution in [0.4, 0.5) is 0 Å². The molecular formula is C6H14N5O2-. The lowest BCUT2D eigenvalue weighted by atomic mass is 10.1. The van der Waals surface area contributed by atoms with E-state index in [4.69, 9.17) is 27.6 Å². The highest BCUT2D eigenvalue weighted by atomic mass is 16.4. The number of unbranched alkanes of at least 4 members (excludes halogenated alkanes) is 1. The van der Waals surface area contributed by atoms with Crippen LogP contribution in [0.15, 0.2) is 0 Å². The molecule has 0 aliphatic rings. The Morgan fingerprint density at radius 3 is 2.23 bits per heavy atom. The van der Waals surface area contributed by atoms with Crippen LogP contribution in [0.2, 0.25) is 0 Å². The van der Waals surface area contributed by atoms with Crippen LogP contribution < -0.4 is 11.5 Å². The van der Waals surface area contributed by atoms with Crippen molar-refractivity contribution in [2.24, 2.45) is 11.5 Å². The first-order valence-corrected chi connectivity index (χ1v) is 3.77. The second-order valence-corrected chi connectivity index (χ2v) is 2.32. The average Bonchev–Trinajstić information content (AvgIpc) is 2.06. The van der Waals surface area contributed by atoms with Gasteiger partial charge in [-0.1, -0.05) is 6.42 Å². The van der Waals surface area contributed by atoms with Gasteiger partial charge in [-0.25, -0.2) is 0 Å². The molecule has 0 bridgehead atoms. The maximum Gasteiger partial charge on any atom is 0.320 e. The minimum absolute atomic E-state index is 0.520. The molecule has 0 saturated carbocycles. The van der Waals surface area contributed by atoms with E-state index in [0.717, 1.165) is 12.8 Å². The van der Waals surface area contributed by atoms with Crippen LogP contribution in [-0.4, -0.2) is 23.7 Å². The fourth-order valence-electron chi connectivity index (χ4n) is 0.632. The lowest BCUT2D eigenvalue weighted by Gasteiger charge is -2.03. The molecule has 7 nitrogen and oxygen atoms in total. The number of carbonyl (C=O) groups is 1. The highest BCUT2D eigenvalue weighted by Crippen LogP contribution is 1.96. The van der Waals surface area contributed by atoms with Crippen molar-refractivity contribution in [2.45, 2.75) is 25.3 Å². The van der Waals surface area contributed by atoms with Gasteiger partial charge in [-0.05, 0) is 19.4 Å². The molecule has 7 heteroatoms. The molecule has 0 saturated heterocycles. The van der Waals surface area contributed by atoms with Gasteiger partial charge >= 0.3 is 5.97 Å². The summed E-state index contributed by atoms with van der Waals surface area (Å²) in [6.07, 6.45) is 2.16. The number of carboxylic acids is 1. The quantitative estimate of drug-likeness (QED) is 0.247. The lowest BCUT2D eigenvalue weighted by molar-refractivity contribution is -0.138. The molecule has 0 spiro atoms. The summed E-state index contributed by atoms with van der Waals surface area (Å²) in [6, 6.07) is -0.716. The standard InChI is InChI=1S/C6H14N2O2.N3/c7-4-2-1-3-5(8)6(9)10;1-3-2/h5H,1-4,7-8H2,(H,9,10);/q;-1. The van der Waals surface area contributed by atoms with Gasteiger partial charge in [0, 0.05) is 0 Å². The number of nitrogens with zero attached hydrogens (tertiary/aromatic N) is 3. The van der Waals surface area contributed by atoms with Gasteiger partial charge in [0.2, 0.25) is 0 Å². The summed E-state index contributed by atoms with van der Waals surface area (Å²) < 4.78 is 0. The molecule has 0 aromatic heterocycles. The summed E-state index contributed by atoms with van der Waals surface area (Å²) in [6.45, 7) is 0.604. The second-order valence-electron chi connectivity index (χ2n) is 2.32. The average molecular weight is 188 g/mol. The van der Waals surface area contributed by atoms with Gasteiger partial charge in [-0.15, -0.1) is 0 Å². The number of hydrogen-bond acceptors (Lipinski definition) is 3. The first kappa shape index (κ1) is 14.2. The molecule has 0 radical (unpaired) electrons. The van der Waals surface area contributed by atoms with Crippen molar-refractivity contribution in [1.82, 2.24) is 0 Å². The monoisotopic (exact) mass is 188 g/mol. The molecule has 0 aromatic carbocycles. The zero-order chi connectivity index (χ0) is 10.7. The highest BCUT2D eigenvalue weighted by Gasteiger charge is 2.09. The zero-order valence-electron chi connectivity index (χ0n) is 7.26. The number of hydrogen-bond donors (Lipinski definition) is 3. The number of nitrogens with two attached hydrogens (primary N) is 2. The van der Waals surface area contributed by atoms with E-state index in [-0.39, 0.29) is 0 Å². The SMILES string of the molecule is NCCCCC(N)C(=O)O.[N-]=[N+]=[N-]. The van der Waals surface area contributed by atoms with Gasteiger partial charge < -0.3 is 27.6 Å². The minimum atomic E-state index is -0.933. The molecule has 0 amide bonds. The molecule has 0 rings (SSSR count). The van der Waals surface area contributed by atoms with Crippen LogP contribution in [-0.2, 0) is 4.79 Å². The summed E-state index contributed by atoms with van der Waals surface area (Å²) in [5.41, 5.74) is 23.9. The van der Waals surface area contributed by atoms with E-state index in [1.165, 1.54) is 4.91 Å². The van der Waals surface area contributed by atoms with Gasteiger partial charge in [0.25, 0.3) is 0 Å². The Morgan fingerprint density at radius 2 is 1.92 bits per heavy atom. The van der Waals surface area contributed by atoms with Gasteiger partial charge in [0.1, 0.15) is 6.04 Å². The molecule has 76 valence electrons. The van der Waals surface area contributed by atoms with Crippen molar-refractivity contribution in [3.8, 4) is 0 Å². The van der Waals surface area contributed by atoms with Gasteiger partial charge in [0.15, 0.2) is 0 Å². The molecule has 0 aromatic rings. The summed E-state index contributed by atoms with van der Waals surface area (Å²) in [5, 5.41) is 8.33. The minimum Gasteiger partial charge on any atom is -0.480 e. The van der Waals surface area contributed by atoms with E-state index in [1.54, 1.807) is 0 Å². The molecule has 5 N–H and O–H groups in total. The number of carboxylic acid groups (broad SMARTS) is 1. The maximum atomic E-state index is 10.1. The lowest BCUT2D eigenvalue weighted by Crippen LogP contribution is -2.29. The predicted octanol–water partition coefficient (Wildman–Crippen LogP) is 0.393. The fraction of sp³-hybridized carbons (Fsp3) is 0.833. The van der Waals surface area contributed by atoms with Gasteiger partial charge in [-0.2, -0.15) is 0 Å². The maximum absolute atomic E-state index is 10.1. The Labute approximate surface area is 76.1 Å². The van der Waals surface area contributed by atoms with Gasteiger partial charge in [-0.3, -0.25) is 9.71 Å². The largest absolute Gasteiger partial charge is 0.480 e. The van der Waals surface area contributed by atoms with Crippen LogP contribution in [0.3, 0.4) is 0 Å². The van der Waals surface area contributed by atoms with Crippen molar-refractivity contribution in [2.75, 3.05) is 6.54 Å². The molecular weight excluding hydrogens is 174 g/mol. The molecule has 13 heavy (non-hydrogen) atoms. The van der Waals surface area contributed by atoms with E-state index in [2.05, 4.69) is 0 Å². The van der Waals surface area contributed by atoms with Gasteiger partial charge in [0.05, 0.1) is 0 Å². The van der Waals surface area contributed by atoms with Crippen molar-refractivity contribution in [3.63, 3.8) is 0 Å². The fourth-order valence-corrected chi connectivity index (χ4v) is 0.632. The molecule has 1 unspecified atom stereocenters. The molecule has 0 aliphatic carbocycles. The van der Waals surface area contributed by atoms with E-state index < -0.39 is 12.0 Å². The Bertz CT molecular complexity index is 166. The smallest absolute Gasteiger partial charge is 0.320 e. The van der Waals surface area contributed by atoms with Crippen LogP contribution >= 0.6 is 0 Å². The van der Waals surface area contributed by atoms with E-state index in [0.29, 0.717) is 13.0 Å². The third-order valence-corrected chi connectivity index (χ3v) is 1.29. The summed E-state index contributed by atoms with van der Waals surface area (Å²) in [4.78, 5) is 11.6. The van der Waals surface area contributed by atoms with Crippen LogP contribution in [0.25, 0.3) is 16.0 Å². The molecule has 0 fully saturated rings. The van der Waals surface area contributed by atoms with Crippen LogP contribution in [0.5, 0.6) is 0 Å². The first-order chi connectivity index (χ1) is 6.09. The number of rotatable bonds is 5. The predicted molar refractivity (Wildman–Crippen MR) is 48.6 cm³/mol. The first-order valence-electron chi connectivity index (χ1n) is 3.77. The Kier molecular flexibility index (Phi) is 11.7. The number of aliphatic carboxylic acids is 1. The van der Waals surface area contributed by atoms with E-state index >= 15 is 0 Å². The Hall–Kier alpha value is -1.30. The van der Waals surface area contributed by atoms with Crippen molar-refractivity contribution in [1.29, 1.82) is 0 Å². The van der Waals surface area contributed by atoms with Crippen LogP contribution in [0.1, 0.15) is 19.3 Å². The summed E-state index contributed by atoms with van der Waals surface area (Å²) >= 11 is 0. The Balaban J connectivity index is 0. The normalized spacial score (nSPS) is 10.6. The van der Waals surface area contributed by atoms with Crippen molar-refractivity contribution in [3.05, 3.63) is 16.0 Å². The second kappa shape index (κ2) is 10.7. The van der Waals surface area contributed by atoms with E-state index in [9.17, 15) is 4.79 Å². The summed E-state index contributed by atoms with van der Waals surface area (Å²) in [7, 11) is 0. The third kappa shape index (κ3) is 13.7.